The highest BCUT2D eigenvalue weighted by Crippen LogP contribution is 2.45. The molecule has 0 amide bonds. The highest BCUT2D eigenvalue weighted by Gasteiger charge is 2.57. The van der Waals surface area contributed by atoms with Gasteiger partial charge in [0.1, 0.15) is 12.1 Å². The van der Waals surface area contributed by atoms with Crippen LogP contribution in [-0.2, 0) is 18.8 Å². The van der Waals surface area contributed by atoms with Gasteiger partial charge in [0, 0.05) is 0 Å². The molecule has 32 heavy (non-hydrogen) atoms. The molecule has 6 heteroatoms. The first kappa shape index (κ1) is 23.2. The zero-order chi connectivity index (χ0) is 23.1. The Morgan fingerprint density at radius 3 is 2.03 bits per heavy atom. The van der Waals surface area contributed by atoms with Gasteiger partial charge in [0.05, 0.1) is 24.7 Å². The highest BCUT2D eigenvalue weighted by atomic mass is 28.4. The molecule has 2 heterocycles. The van der Waals surface area contributed by atoms with Crippen molar-refractivity contribution in [3.8, 4) is 0 Å². The Morgan fingerprint density at radius 1 is 1.00 bits per heavy atom. The number of nitrogens with zero attached hydrogens (tertiary/aromatic N) is 1. The molecule has 2 saturated heterocycles. The van der Waals surface area contributed by atoms with Gasteiger partial charge in [-0.3, -0.25) is 9.63 Å². The average molecular weight is 454 g/mol. The maximum Gasteiger partial charge on any atom is 0.326 e. The molecule has 5 nitrogen and oxygen atoms in total. The van der Waals surface area contributed by atoms with Gasteiger partial charge < -0.3 is 9.16 Å². The molecule has 2 aliphatic rings. The molecule has 2 aromatic carbocycles. The molecule has 0 radical (unpaired) electrons. The van der Waals surface area contributed by atoms with Crippen LogP contribution in [0.5, 0.6) is 0 Å². The number of fused-ring (bicyclic) bond motifs is 1. The molecule has 2 aliphatic heterocycles. The maximum absolute atomic E-state index is 12.9. The number of carbonyl (C=O) groups is 1. The lowest BCUT2D eigenvalue weighted by molar-refractivity contribution is -0.209. The Morgan fingerprint density at radius 2 is 1.53 bits per heavy atom. The Labute approximate surface area is 192 Å². The fourth-order valence-corrected chi connectivity index (χ4v) is 5.92. The summed E-state index contributed by atoms with van der Waals surface area (Å²) in [6.07, 6.45) is -0.384. The standard InChI is InChI=1S/C26H35NO4Si/c1-18(31-32(5,6)26(2,3)4)24-21-17-29-25(28)23(21)27(30-24)22(19-13-9-7-10-14-19)20-15-11-8-12-16-20/h7-16,18,21-24H,17H2,1-6H3/t18-,21+,23+,24+/m0/s1. The van der Waals surface area contributed by atoms with E-state index in [0.717, 1.165) is 11.1 Å². The van der Waals surface area contributed by atoms with Crippen LogP contribution in [0.25, 0.3) is 0 Å². The molecule has 0 saturated carbocycles. The summed E-state index contributed by atoms with van der Waals surface area (Å²) in [7, 11) is -2.00. The summed E-state index contributed by atoms with van der Waals surface area (Å²) in [5, 5.41) is 1.97. The van der Waals surface area contributed by atoms with Crippen LogP contribution in [0.1, 0.15) is 44.9 Å². The van der Waals surface area contributed by atoms with E-state index in [1.807, 2.05) is 41.5 Å². The fourth-order valence-electron chi connectivity index (χ4n) is 4.50. The summed E-state index contributed by atoms with van der Waals surface area (Å²) < 4.78 is 12.2. The van der Waals surface area contributed by atoms with Crippen LogP contribution in [0.15, 0.2) is 60.7 Å². The number of rotatable bonds is 6. The molecule has 2 fully saturated rings. The van der Waals surface area contributed by atoms with Crippen molar-refractivity contribution in [2.45, 2.75) is 70.1 Å². The lowest BCUT2D eigenvalue weighted by atomic mass is 9.92. The molecule has 0 bridgehead atoms. The fraction of sp³-hybridized carbons (Fsp3) is 0.500. The summed E-state index contributed by atoms with van der Waals surface area (Å²) in [4.78, 5) is 19.5. The average Bonchev–Trinajstić information content (AvgIpc) is 3.30. The van der Waals surface area contributed by atoms with Crippen molar-refractivity contribution >= 4 is 14.3 Å². The van der Waals surface area contributed by atoms with E-state index in [9.17, 15) is 4.79 Å². The van der Waals surface area contributed by atoms with E-state index in [-0.39, 0.29) is 35.2 Å². The molecule has 4 atom stereocenters. The van der Waals surface area contributed by atoms with E-state index in [1.54, 1.807) is 0 Å². The van der Waals surface area contributed by atoms with E-state index in [2.05, 4.69) is 65.1 Å². The van der Waals surface area contributed by atoms with Gasteiger partial charge in [0.2, 0.25) is 0 Å². The van der Waals surface area contributed by atoms with Gasteiger partial charge in [0.25, 0.3) is 0 Å². The Bertz CT molecular complexity index is 888. The van der Waals surface area contributed by atoms with Crippen LogP contribution >= 0.6 is 0 Å². The van der Waals surface area contributed by atoms with Crippen LogP contribution in [0.2, 0.25) is 18.1 Å². The van der Waals surface area contributed by atoms with Crippen LogP contribution in [-0.4, -0.2) is 44.2 Å². The first-order valence-electron chi connectivity index (χ1n) is 11.5. The van der Waals surface area contributed by atoms with E-state index in [4.69, 9.17) is 14.0 Å². The number of ether oxygens (including phenoxy) is 1. The summed E-state index contributed by atoms with van der Waals surface area (Å²) in [6, 6.07) is 19.8. The first-order valence-corrected chi connectivity index (χ1v) is 14.4. The zero-order valence-corrected chi connectivity index (χ0v) is 20.9. The minimum atomic E-state index is -2.00. The lowest BCUT2D eigenvalue weighted by Crippen LogP contribution is -2.47. The van der Waals surface area contributed by atoms with Crippen molar-refractivity contribution in [3.05, 3.63) is 71.8 Å². The van der Waals surface area contributed by atoms with Crippen molar-refractivity contribution in [1.29, 1.82) is 0 Å². The Kier molecular flexibility index (Phi) is 6.33. The number of carbonyl (C=O) groups excluding carboxylic acids is 1. The molecule has 0 aliphatic carbocycles. The zero-order valence-electron chi connectivity index (χ0n) is 19.9. The van der Waals surface area contributed by atoms with E-state index < -0.39 is 14.4 Å². The molecule has 0 spiro atoms. The van der Waals surface area contributed by atoms with Crippen molar-refractivity contribution in [1.82, 2.24) is 5.06 Å². The smallest absolute Gasteiger partial charge is 0.326 e. The third-order valence-electron chi connectivity index (χ3n) is 7.24. The van der Waals surface area contributed by atoms with Gasteiger partial charge >= 0.3 is 5.97 Å². The van der Waals surface area contributed by atoms with Crippen molar-refractivity contribution < 1.29 is 18.8 Å². The second kappa shape index (κ2) is 8.75. The Balaban J connectivity index is 1.68. The van der Waals surface area contributed by atoms with Crippen molar-refractivity contribution in [3.63, 3.8) is 0 Å². The van der Waals surface area contributed by atoms with Crippen LogP contribution in [0.3, 0.4) is 0 Å². The monoisotopic (exact) mass is 453 g/mol. The van der Waals surface area contributed by atoms with Crippen LogP contribution in [0, 0.1) is 5.92 Å². The molecule has 0 unspecified atom stereocenters. The van der Waals surface area contributed by atoms with Gasteiger partial charge in [0.15, 0.2) is 8.32 Å². The number of hydrogen-bond donors (Lipinski definition) is 0. The number of cyclic esters (lactones) is 1. The molecule has 4 rings (SSSR count). The van der Waals surface area contributed by atoms with E-state index in [0.29, 0.717) is 6.61 Å². The second-order valence-corrected chi connectivity index (χ2v) is 15.2. The second-order valence-electron chi connectivity index (χ2n) is 10.5. The van der Waals surface area contributed by atoms with E-state index in [1.165, 1.54) is 0 Å². The molecule has 172 valence electrons. The lowest BCUT2D eigenvalue weighted by Gasteiger charge is -2.40. The predicted molar refractivity (Wildman–Crippen MR) is 127 cm³/mol. The molecule has 0 aromatic heterocycles. The summed E-state index contributed by atoms with van der Waals surface area (Å²) in [5.74, 6) is -0.272. The number of benzene rings is 2. The Hall–Kier alpha value is -1.99. The van der Waals surface area contributed by atoms with Gasteiger partial charge in [-0.2, -0.15) is 5.06 Å². The van der Waals surface area contributed by atoms with Crippen LogP contribution < -0.4 is 0 Å². The largest absolute Gasteiger partial charge is 0.464 e. The number of hydroxylamine groups is 2. The molecule has 2 aromatic rings. The predicted octanol–water partition coefficient (Wildman–Crippen LogP) is 5.34. The summed E-state index contributed by atoms with van der Waals surface area (Å²) in [6.45, 7) is 13.7. The maximum atomic E-state index is 12.9. The summed E-state index contributed by atoms with van der Waals surface area (Å²) >= 11 is 0. The van der Waals surface area contributed by atoms with Gasteiger partial charge in [-0.05, 0) is 36.2 Å². The third-order valence-corrected chi connectivity index (χ3v) is 11.8. The van der Waals surface area contributed by atoms with Gasteiger partial charge in [-0.25, -0.2) is 0 Å². The topological polar surface area (TPSA) is 48.0 Å². The summed E-state index contributed by atoms with van der Waals surface area (Å²) in [5.41, 5.74) is 2.16. The quantitative estimate of drug-likeness (QED) is 0.436. The van der Waals surface area contributed by atoms with Crippen molar-refractivity contribution in [2.24, 2.45) is 5.92 Å². The van der Waals surface area contributed by atoms with Gasteiger partial charge in [-0.15, -0.1) is 0 Å². The highest BCUT2D eigenvalue weighted by molar-refractivity contribution is 6.74. The van der Waals surface area contributed by atoms with Crippen LogP contribution in [0.4, 0.5) is 0 Å². The first-order chi connectivity index (χ1) is 15.1. The molecular formula is C26H35NO4Si. The molecule has 0 N–H and O–H groups in total. The van der Waals surface area contributed by atoms with Crippen molar-refractivity contribution in [2.75, 3.05) is 6.61 Å². The number of hydrogen-bond acceptors (Lipinski definition) is 5. The SMILES string of the molecule is C[C@H](O[Si](C)(C)C(C)(C)C)[C@H]1ON(C(c2ccccc2)c2ccccc2)[C@H]2C(=O)OC[C@@H]12. The minimum absolute atomic E-state index is 0.0582. The molecular weight excluding hydrogens is 418 g/mol. The minimum Gasteiger partial charge on any atom is -0.464 e. The number of esters is 1. The normalized spacial score (nSPS) is 25.1. The van der Waals surface area contributed by atoms with Gasteiger partial charge in [-0.1, -0.05) is 81.4 Å². The van der Waals surface area contributed by atoms with E-state index >= 15 is 0 Å². The third kappa shape index (κ3) is 4.29.